The Morgan fingerprint density at radius 3 is 2.36 bits per heavy atom. The quantitative estimate of drug-likeness (QED) is 0.584. The first kappa shape index (κ1) is 18.8. The molecular formula is C20H22ClN3O. The number of aryl methyl sites for hydroxylation is 1. The van der Waals surface area contributed by atoms with Crippen molar-refractivity contribution in [3.8, 4) is 11.8 Å². The molecule has 0 bridgehead atoms. The molecule has 0 saturated carbocycles. The van der Waals surface area contributed by atoms with Crippen LogP contribution in [0, 0.1) is 25.2 Å². The number of carbonyl (C=O) groups excluding carboxylic acids is 1. The van der Waals surface area contributed by atoms with Gasteiger partial charge in [-0.1, -0.05) is 11.6 Å². The Hall–Kier alpha value is -2.51. The van der Waals surface area contributed by atoms with Crippen LogP contribution in [-0.4, -0.2) is 28.5 Å². The summed E-state index contributed by atoms with van der Waals surface area (Å²) in [6.45, 7) is 8.95. The largest absolute Gasteiger partial charge is 0.339 e. The van der Waals surface area contributed by atoms with E-state index in [1.54, 1.807) is 11.0 Å². The van der Waals surface area contributed by atoms with Crippen LogP contribution in [0.1, 0.15) is 30.8 Å². The second-order valence-corrected chi connectivity index (χ2v) is 6.22. The van der Waals surface area contributed by atoms with Gasteiger partial charge in [0.15, 0.2) is 0 Å². The minimum atomic E-state index is -0.233. The van der Waals surface area contributed by atoms with E-state index in [1.165, 1.54) is 0 Å². The molecule has 0 atom stereocenters. The molecule has 1 aromatic heterocycles. The third-order valence-electron chi connectivity index (χ3n) is 4.26. The van der Waals surface area contributed by atoms with Gasteiger partial charge in [-0.25, -0.2) is 0 Å². The van der Waals surface area contributed by atoms with E-state index in [-0.39, 0.29) is 11.5 Å². The Kier molecular flexibility index (Phi) is 6.06. The lowest BCUT2D eigenvalue weighted by molar-refractivity contribution is -0.126. The highest BCUT2D eigenvalue weighted by Gasteiger charge is 2.17. The van der Waals surface area contributed by atoms with Gasteiger partial charge < -0.3 is 9.47 Å². The molecule has 5 heteroatoms. The minimum Gasteiger partial charge on any atom is -0.339 e. The van der Waals surface area contributed by atoms with E-state index < -0.39 is 0 Å². The zero-order chi connectivity index (χ0) is 18.6. The summed E-state index contributed by atoms with van der Waals surface area (Å²) in [5.74, 6) is -0.233. The van der Waals surface area contributed by atoms with Gasteiger partial charge in [0.1, 0.15) is 11.6 Å². The highest BCUT2D eigenvalue weighted by Crippen LogP contribution is 2.24. The molecule has 0 fully saturated rings. The van der Waals surface area contributed by atoms with Gasteiger partial charge in [-0.3, -0.25) is 4.79 Å². The van der Waals surface area contributed by atoms with Gasteiger partial charge in [0.05, 0.1) is 0 Å². The highest BCUT2D eigenvalue weighted by atomic mass is 35.5. The molecule has 0 aliphatic rings. The fourth-order valence-corrected chi connectivity index (χ4v) is 3.03. The van der Waals surface area contributed by atoms with Gasteiger partial charge in [-0.2, -0.15) is 5.26 Å². The molecule has 2 rings (SSSR count). The van der Waals surface area contributed by atoms with Crippen LogP contribution in [0.5, 0.6) is 0 Å². The van der Waals surface area contributed by atoms with Gasteiger partial charge in [0.2, 0.25) is 0 Å². The molecule has 0 radical (unpaired) electrons. The molecule has 25 heavy (non-hydrogen) atoms. The molecule has 0 N–H and O–H groups in total. The van der Waals surface area contributed by atoms with Crippen molar-refractivity contribution in [1.82, 2.24) is 9.47 Å². The number of hydrogen-bond donors (Lipinski definition) is 0. The number of aromatic nitrogens is 1. The Balaban J connectivity index is 2.47. The monoisotopic (exact) mass is 355 g/mol. The highest BCUT2D eigenvalue weighted by molar-refractivity contribution is 6.30. The van der Waals surface area contributed by atoms with Gasteiger partial charge in [0, 0.05) is 35.2 Å². The summed E-state index contributed by atoms with van der Waals surface area (Å²) in [4.78, 5) is 14.1. The third-order valence-corrected chi connectivity index (χ3v) is 4.51. The Bertz CT molecular complexity index is 837. The second-order valence-electron chi connectivity index (χ2n) is 5.79. The van der Waals surface area contributed by atoms with Crippen LogP contribution in [0.3, 0.4) is 0 Å². The Morgan fingerprint density at radius 2 is 1.84 bits per heavy atom. The van der Waals surface area contributed by atoms with E-state index >= 15 is 0 Å². The van der Waals surface area contributed by atoms with Crippen LogP contribution in [0.4, 0.5) is 0 Å². The molecule has 130 valence electrons. The number of likely N-dealkylation sites (N-methyl/N-ethyl adjacent to an activating group) is 1. The molecule has 0 unspecified atom stereocenters. The number of nitrogens with zero attached hydrogens (tertiary/aromatic N) is 3. The Morgan fingerprint density at radius 1 is 1.24 bits per heavy atom. The van der Waals surface area contributed by atoms with Crippen LogP contribution < -0.4 is 0 Å². The van der Waals surface area contributed by atoms with Gasteiger partial charge in [-0.05, 0) is 69.7 Å². The number of rotatable bonds is 5. The number of nitriles is 1. The molecule has 0 aliphatic heterocycles. The average Bonchev–Trinajstić information content (AvgIpc) is 2.88. The van der Waals surface area contributed by atoms with Crippen LogP contribution in [-0.2, 0) is 4.79 Å². The lowest BCUT2D eigenvalue weighted by atomic mass is 10.1. The lowest BCUT2D eigenvalue weighted by Crippen LogP contribution is -2.31. The predicted molar refractivity (Wildman–Crippen MR) is 102 cm³/mol. The van der Waals surface area contributed by atoms with E-state index in [1.807, 2.05) is 64.1 Å². The number of amides is 1. The molecule has 4 nitrogen and oxygen atoms in total. The van der Waals surface area contributed by atoms with Crippen molar-refractivity contribution < 1.29 is 4.79 Å². The fourth-order valence-electron chi connectivity index (χ4n) is 2.90. The number of halogens is 1. The zero-order valence-corrected chi connectivity index (χ0v) is 15.8. The summed E-state index contributed by atoms with van der Waals surface area (Å²) in [7, 11) is 0. The summed E-state index contributed by atoms with van der Waals surface area (Å²) < 4.78 is 2.08. The lowest BCUT2D eigenvalue weighted by Gasteiger charge is -2.17. The molecular weight excluding hydrogens is 334 g/mol. The first-order valence-corrected chi connectivity index (χ1v) is 8.66. The van der Waals surface area contributed by atoms with Crippen molar-refractivity contribution in [3.05, 3.63) is 57.9 Å². The Labute approximate surface area is 153 Å². The topological polar surface area (TPSA) is 49.0 Å². The second kappa shape index (κ2) is 8.04. The van der Waals surface area contributed by atoms with Gasteiger partial charge in [0.25, 0.3) is 5.91 Å². The summed E-state index contributed by atoms with van der Waals surface area (Å²) in [6, 6.07) is 11.6. The van der Waals surface area contributed by atoms with Crippen LogP contribution in [0.2, 0.25) is 5.02 Å². The van der Waals surface area contributed by atoms with E-state index in [4.69, 9.17) is 11.6 Å². The minimum absolute atomic E-state index is 0.153. The van der Waals surface area contributed by atoms with Crippen molar-refractivity contribution in [1.29, 1.82) is 5.26 Å². The number of benzene rings is 1. The standard InChI is InChI=1S/C20H22ClN3O/c1-5-23(6-2)20(25)17(13-22)12-16-11-14(3)24(15(16)4)19-9-7-18(21)8-10-19/h7-12H,5-6H2,1-4H3/b17-12-. The summed E-state index contributed by atoms with van der Waals surface area (Å²) in [5, 5.41) is 10.1. The maximum Gasteiger partial charge on any atom is 0.264 e. The predicted octanol–water partition coefficient (Wildman–Crippen LogP) is 4.52. The van der Waals surface area contributed by atoms with Crippen molar-refractivity contribution in [3.63, 3.8) is 0 Å². The average molecular weight is 356 g/mol. The molecule has 2 aromatic rings. The molecule has 1 heterocycles. The summed E-state index contributed by atoms with van der Waals surface area (Å²) >= 11 is 5.97. The van der Waals surface area contributed by atoms with Crippen molar-refractivity contribution in [2.24, 2.45) is 0 Å². The van der Waals surface area contributed by atoms with Gasteiger partial charge in [-0.15, -0.1) is 0 Å². The maximum absolute atomic E-state index is 12.5. The molecule has 1 aromatic carbocycles. The summed E-state index contributed by atoms with van der Waals surface area (Å²) in [6.07, 6.45) is 1.68. The smallest absolute Gasteiger partial charge is 0.264 e. The van der Waals surface area contributed by atoms with Crippen molar-refractivity contribution in [2.45, 2.75) is 27.7 Å². The maximum atomic E-state index is 12.5. The normalized spacial score (nSPS) is 11.3. The molecule has 0 saturated heterocycles. The van der Waals surface area contributed by atoms with Crippen LogP contribution >= 0.6 is 11.6 Å². The van der Waals surface area contributed by atoms with E-state index in [0.29, 0.717) is 18.1 Å². The SMILES string of the molecule is CCN(CC)C(=O)/C(C#N)=C\c1cc(C)n(-c2ccc(Cl)cc2)c1C. The van der Waals surface area contributed by atoms with Crippen LogP contribution in [0.25, 0.3) is 11.8 Å². The van der Waals surface area contributed by atoms with E-state index in [9.17, 15) is 10.1 Å². The van der Waals surface area contributed by atoms with E-state index in [2.05, 4.69) is 4.57 Å². The third kappa shape index (κ3) is 3.94. The van der Waals surface area contributed by atoms with Crippen molar-refractivity contribution in [2.75, 3.05) is 13.1 Å². The van der Waals surface area contributed by atoms with E-state index in [0.717, 1.165) is 22.6 Å². The van der Waals surface area contributed by atoms with Crippen LogP contribution in [0.15, 0.2) is 35.9 Å². The fraction of sp³-hybridized carbons (Fsp3) is 0.300. The van der Waals surface area contributed by atoms with Gasteiger partial charge >= 0.3 is 0 Å². The van der Waals surface area contributed by atoms with Crippen molar-refractivity contribution >= 4 is 23.6 Å². The first-order valence-electron chi connectivity index (χ1n) is 8.28. The number of hydrogen-bond acceptors (Lipinski definition) is 2. The first-order chi connectivity index (χ1) is 11.9. The molecule has 0 spiro atoms. The molecule has 1 amide bonds. The zero-order valence-electron chi connectivity index (χ0n) is 15.0. The molecule has 0 aliphatic carbocycles. The number of carbonyl (C=O) groups is 1. The summed E-state index contributed by atoms with van der Waals surface area (Å²) in [5.41, 5.74) is 4.01.